The van der Waals surface area contributed by atoms with Gasteiger partial charge >= 0.3 is 11.6 Å². The summed E-state index contributed by atoms with van der Waals surface area (Å²) in [6.07, 6.45) is 2.24. The fourth-order valence-corrected chi connectivity index (χ4v) is 4.45. The van der Waals surface area contributed by atoms with Crippen molar-refractivity contribution in [2.24, 2.45) is 5.41 Å². The molecule has 0 radical (unpaired) electrons. The highest BCUT2D eigenvalue weighted by atomic mass is 16.5. The van der Waals surface area contributed by atoms with Crippen molar-refractivity contribution in [2.45, 2.75) is 45.8 Å². The quantitative estimate of drug-likeness (QED) is 0.284. The average molecular weight is 449 g/mol. The van der Waals surface area contributed by atoms with Crippen LogP contribution in [0, 0.1) is 12.3 Å². The number of fused-ring (bicyclic) bond motifs is 1. The van der Waals surface area contributed by atoms with Crippen LogP contribution in [-0.4, -0.2) is 25.3 Å². The molecular formula is C27H28O6. The molecule has 1 saturated carbocycles. The van der Waals surface area contributed by atoms with E-state index in [0.29, 0.717) is 23.3 Å². The van der Waals surface area contributed by atoms with Crippen LogP contribution in [0.5, 0.6) is 11.5 Å². The van der Waals surface area contributed by atoms with Crippen molar-refractivity contribution in [2.75, 3.05) is 7.11 Å². The number of rotatable bonds is 6. The molecule has 6 heteroatoms. The number of ether oxygens (including phenoxy) is 3. The molecule has 0 amide bonds. The summed E-state index contributed by atoms with van der Waals surface area (Å²) in [6.45, 7) is 9.44. The Morgan fingerprint density at radius 2 is 1.79 bits per heavy atom. The summed E-state index contributed by atoms with van der Waals surface area (Å²) < 4.78 is 22.7. The SMILES string of the molecule is C=CC(=O)OC1CCC(Oc2ccc3cc(-c4ccc(OC)cc4C)c(=O)oc3c2)C1(C)C. The van der Waals surface area contributed by atoms with Gasteiger partial charge in [0.05, 0.1) is 12.7 Å². The standard InChI is InChI=1S/C27H28O6/c1-6-25(28)33-24-12-11-23(27(24,3)4)31-19-8-7-17-14-21(26(29)32-22(17)15-19)20-10-9-18(30-5)13-16(20)2/h6-10,13-15,23-24H,1,11-12H2,2-5H3. The van der Waals surface area contributed by atoms with E-state index in [1.165, 1.54) is 6.08 Å². The van der Waals surface area contributed by atoms with Gasteiger partial charge in [0.15, 0.2) is 0 Å². The minimum atomic E-state index is -0.427. The molecule has 1 aliphatic carbocycles. The first-order chi connectivity index (χ1) is 15.7. The second-order valence-corrected chi connectivity index (χ2v) is 8.96. The maximum Gasteiger partial charge on any atom is 0.344 e. The van der Waals surface area contributed by atoms with Crippen LogP contribution in [0.3, 0.4) is 0 Å². The first-order valence-corrected chi connectivity index (χ1v) is 11.0. The van der Waals surface area contributed by atoms with E-state index in [4.69, 9.17) is 18.6 Å². The van der Waals surface area contributed by atoms with E-state index in [0.717, 1.165) is 28.7 Å². The maximum atomic E-state index is 12.8. The molecule has 1 aliphatic rings. The summed E-state index contributed by atoms with van der Waals surface area (Å²) in [6, 6.07) is 12.9. The van der Waals surface area contributed by atoms with Crippen LogP contribution in [-0.2, 0) is 9.53 Å². The molecular weight excluding hydrogens is 420 g/mol. The number of methoxy groups -OCH3 is 1. The molecule has 2 aromatic carbocycles. The first-order valence-electron chi connectivity index (χ1n) is 11.0. The van der Waals surface area contributed by atoms with E-state index in [-0.39, 0.29) is 17.6 Å². The molecule has 0 saturated heterocycles. The summed E-state index contributed by atoms with van der Waals surface area (Å²) >= 11 is 0. The predicted octanol–water partition coefficient (Wildman–Crippen LogP) is 5.44. The van der Waals surface area contributed by atoms with Crippen LogP contribution < -0.4 is 15.1 Å². The maximum absolute atomic E-state index is 12.8. The summed E-state index contributed by atoms with van der Waals surface area (Å²) in [5.41, 5.74) is 1.91. The van der Waals surface area contributed by atoms with Gasteiger partial charge in [-0.05, 0) is 61.2 Å². The zero-order valence-electron chi connectivity index (χ0n) is 19.3. The van der Waals surface area contributed by atoms with E-state index in [1.54, 1.807) is 13.2 Å². The molecule has 4 rings (SSSR count). The second-order valence-electron chi connectivity index (χ2n) is 8.96. The van der Waals surface area contributed by atoms with Gasteiger partial charge in [-0.25, -0.2) is 9.59 Å². The van der Waals surface area contributed by atoms with Gasteiger partial charge in [-0.15, -0.1) is 0 Å². The van der Waals surface area contributed by atoms with Gasteiger partial charge in [-0.3, -0.25) is 0 Å². The lowest BCUT2D eigenvalue weighted by Gasteiger charge is -2.32. The van der Waals surface area contributed by atoms with Gasteiger partial charge in [0.1, 0.15) is 29.3 Å². The van der Waals surface area contributed by atoms with Gasteiger partial charge < -0.3 is 18.6 Å². The molecule has 0 N–H and O–H groups in total. The Morgan fingerprint density at radius 1 is 1.06 bits per heavy atom. The van der Waals surface area contributed by atoms with Crippen LogP contribution >= 0.6 is 0 Å². The molecule has 1 heterocycles. The molecule has 0 bridgehead atoms. The Kier molecular flexibility index (Phi) is 6.02. The number of hydrogen-bond donors (Lipinski definition) is 0. The number of hydrogen-bond acceptors (Lipinski definition) is 6. The largest absolute Gasteiger partial charge is 0.497 e. The van der Waals surface area contributed by atoms with Crippen molar-refractivity contribution in [1.82, 2.24) is 0 Å². The van der Waals surface area contributed by atoms with Crippen LogP contribution in [0.1, 0.15) is 32.3 Å². The van der Waals surface area contributed by atoms with Gasteiger partial charge in [0.2, 0.25) is 0 Å². The topological polar surface area (TPSA) is 75.0 Å². The summed E-state index contributed by atoms with van der Waals surface area (Å²) in [5.74, 6) is 0.913. The number of carbonyl (C=O) groups excluding carboxylic acids is 1. The number of carbonyl (C=O) groups is 1. The molecule has 33 heavy (non-hydrogen) atoms. The van der Waals surface area contributed by atoms with E-state index >= 15 is 0 Å². The third kappa shape index (κ3) is 4.38. The minimum absolute atomic E-state index is 0.148. The monoisotopic (exact) mass is 448 g/mol. The summed E-state index contributed by atoms with van der Waals surface area (Å²) in [5, 5.41) is 0.802. The van der Waals surface area contributed by atoms with E-state index in [9.17, 15) is 9.59 Å². The smallest absolute Gasteiger partial charge is 0.344 e. The highest BCUT2D eigenvalue weighted by Gasteiger charge is 2.47. The van der Waals surface area contributed by atoms with Gasteiger partial charge in [-0.1, -0.05) is 26.5 Å². The molecule has 0 aliphatic heterocycles. The molecule has 0 spiro atoms. The fourth-order valence-electron chi connectivity index (χ4n) is 4.45. The highest BCUT2D eigenvalue weighted by Crippen LogP contribution is 2.42. The van der Waals surface area contributed by atoms with E-state index < -0.39 is 11.6 Å². The van der Waals surface area contributed by atoms with Crippen LogP contribution in [0.25, 0.3) is 22.1 Å². The zero-order chi connectivity index (χ0) is 23.8. The number of benzene rings is 2. The Labute approximate surface area is 192 Å². The van der Waals surface area contributed by atoms with E-state index in [1.807, 2.05) is 57.2 Å². The normalized spacial score (nSPS) is 19.3. The number of esters is 1. The van der Waals surface area contributed by atoms with E-state index in [2.05, 4.69) is 6.58 Å². The van der Waals surface area contributed by atoms with Crippen LogP contribution in [0.15, 0.2) is 64.3 Å². The molecule has 1 fully saturated rings. The van der Waals surface area contributed by atoms with Crippen LogP contribution in [0.2, 0.25) is 0 Å². The van der Waals surface area contributed by atoms with Gasteiger partial charge in [0, 0.05) is 22.9 Å². The van der Waals surface area contributed by atoms with Gasteiger partial charge in [0.25, 0.3) is 0 Å². The van der Waals surface area contributed by atoms with Crippen molar-refractivity contribution in [1.29, 1.82) is 0 Å². The lowest BCUT2D eigenvalue weighted by atomic mass is 9.87. The first kappa shape index (κ1) is 22.6. The van der Waals surface area contributed by atoms with Gasteiger partial charge in [-0.2, -0.15) is 0 Å². The Morgan fingerprint density at radius 3 is 2.48 bits per heavy atom. The predicted molar refractivity (Wildman–Crippen MR) is 127 cm³/mol. The summed E-state index contributed by atoms with van der Waals surface area (Å²) in [7, 11) is 1.61. The molecule has 1 aromatic heterocycles. The second kappa shape index (κ2) is 8.77. The third-order valence-corrected chi connectivity index (χ3v) is 6.49. The lowest BCUT2D eigenvalue weighted by Crippen LogP contribution is -2.38. The Balaban J connectivity index is 1.60. The Hall–Kier alpha value is -3.54. The lowest BCUT2D eigenvalue weighted by molar-refractivity contribution is -0.148. The summed E-state index contributed by atoms with van der Waals surface area (Å²) in [4.78, 5) is 24.4. The van der Waals surface area contributed by atoms with Crippen molar-refractivity contribution < 1.29 is 23.4 Å². The number of aryl methyl sites for hydroxylation is 1. The van der Waals surface area contributed by atoms with Crippen molar-refractivity contribution in [3.05, 3.63) is 71.1 Å². The molecule has 6 nitrogen and oxygen atoms in total. The highest BCUT2D eigenvalue weighted by molar-refractivity contribution is 5.83. The minimum Gasteiger partial charge on any atom is -0.497 e. The third-order valence-electron chi connectivity index (χ3n) is 6.49. The van der Waals surface area contributed by atoms with Crippen molar-refractivity contribution >= 4 is 16.9 Å². The van der Waals surface area contributed by atoms with Crippen molar-refractivity contribution in [3.63, 3.8) is 0 Å². The molecule has 3 aromatic rings. The average Bonchev–Trinajstić information content (AvgIpc) is 3.06. The molecule has 2 unspecified atom stereocenters. The zero-order valence-corrected chi connectivity index (χ0v) is 19.3. The Bertz CT molecular complexity index is 1270. The van der Waals surface area contributed by atoms with Crippen LogP contribution in [0.4, 0.5) is 0 Å². The molecule has 172 valence electrons. The molecule has 2 atom stereocenters. The van der Waals surface area contributed by atoms with Crippen molar-refractivity contribution in [3.8, 4) is 22.6 Å². The fraction of sp³-hybridized carbons (Fsp3) is 0.333.